The third-order valence-corrected chi connectivity index (χ3v) is 8.40. The van der Waals surface area contributed by atoms with Crippen LogP contribution in [0.1, 0.15) is 13.8 Å². The van der Waals surface area contributed by atoms with Gasteiger partial charge in [0.1, 0.15) is 23.2 Å². The van der Waals surface area contributed by atoms with Crippen LogP contribution in [0.3, 0.4) is 0 Å². The van der Waals surface area contributed by atoms with Gasteiger partial charge in [0, 0.05) is 0 Å². The lowest BCUT2D eigenvalue weighted by Crippen LogP contribution is -2.21. The molecule has 1 aliphatic heterocycles. The van der Waals surface area contributed by atoms with Crippen molar-refractivity contribution in [3.63, 3.8) is 0 Å². The maximum absolute atomic E-state index is 10.7. The van der Waals surface area contributed by atoms with Crippen molar-refractivity contribution in [2.24, 2.45) is 0 Å². The van der Waals surface area contributed by atoms with E-state index in [4.69, 9.17) is 13.0 Å². The highest BCUT2D eigenvalue weighted by Gasteiger charge is 2.55. The van der Waals surface area contributed by atoms with Crippen LogP contribution in [0.2, 0.25) is 0 Å². The van der Waals surface area contributed by atoms with Crippen LogP contribution in [0.4, 0.5) is 13.2 Å². The Kier molecular flexibility index (Phi) is 4.69. The zero-order chi connectivity index (χ0) is 15.8. The molecule has 0 radical (unpaired) electrons. The average Bonchev–Trinajstić information content (AvgIpc) is 2.81. The molecular formula is C12H14F3O3PS. The Hall–Kier alpha value is -0.910. The fraction of sp³-hybridized carbons (Fsp3) is 0.333. The first-order valence-electron chi connectivity index (χ1n) is 5.55. The van der Waals surface area contributed by atoms with Crippen molar-refractivity contribution in [1.82, 2.24) is 0 Å². The maximum atomic E-state index is 10.7. The molecule has 0 aliphatic carbocycles. The standard InChI is InChI=1S/C11H14P.CHF3O3S/c1-9-10(2)12(9,3)11-7-5-4-6-8-11;2-1(3,4)8(5,6)7/h4-8H,1-3H3;(H,5,6,7)/q+1;/p-1. The van der Waals surface area contributed by atoms with Crippen molar-refractivity contribution in [1.29, 1.82) is 0 Å². The molecule has 0 saturated heterocycles. The first-order chi connectivity index (χ1) is 8.92. The average molecular weight is 326 g/mol. The molecule has 0 spiro atoms. The third kappa shape index (κ3) is 3.40. The Morgan fingerprint density at radius 2 is 1.40 bits per heavy atom. The van der Waals surface area contributed by atoms with Crippen LogP contribution < -0.4 is 5.30 Å². The fourth-order valence-electron chi connectivity index (χ4n) is 1.75. The molecule has 0 unspecified atom stereocenters. The number of benzene rings is 1. The second-order valence-electron chi connectivity index (χ2n) is 4.41. The smallest absolute Gasteiger partial charge is 0.485 e. The highest BCUT2D eigenvalue weighted by atomic mass is 32.2. The molecule has 0 saturated carbocycles. The SMILES string of the molecule is CC1=C(C)[P+]1(C)c1ccccc1.O=S(=O)([O-])C(F)(F)F. The minimum Gasteiger partial charge on any atom is -0.741 e. The molecule has 1 aliphatic rings. The summed E-state index contributed by atoms with van der Waals surface area (Å²) in [4.78, 5) is 0. The van der Waals surface area contributed by atoms with E-state index < -0.39 is 22.9 Å². The molecular weight excluding hydrogens is 312 g/mol. The number of rotatable bonds is 1. The molecule has 0 aromatic heterocycles. The Balaban J connectivity index is 0.000000221. The first-order valence-corrected chi connectivity index (χ1v) is 9.19. The van der Waals surface area contributed by atoms with Crippen LogP contribution in [-0.4, -0.2) is 25.1 Å². The van der Waals surface area contributed by atoms with Crippen molar-refractivity contribution >= 4 is 22.7 Å². The summed E-state index contributed by atoms with van der Waals surface area (Å²) in [5.74, 6) is 0. The largest absolute Gasteiger partial charge is 0.741 e. The molecule has 0 amide bonds. The van der Waals surface area contributed by atoms with Gasteiger partial charge in [-0.1, -0.05) is 18.2 Å². The van der Waals surface area contributed by atoms with E-state index in [1.54, 1.807) is 15.9 Å². The van der Waals surface area contributed by atoms with Crippen LogP contribution in [-0.2, 0) is 10.1 Å². The molecule has 0 fully saturated rings. The van der Waals surface area contributed by atoms with Crippen molar-refractivity contribution in [3.05, 3.63) is 41.0 Å². The maximum Gasteiger partial charge on any atom is 0.485 e. The number of halogens is 3. The Morgan fingerprint density at radius 1 is 1.05 bits per heavy atom. The number of hydrogen-bond donors (Lipinski definition) is 0. The van der Waals surface area contributed by atoms with Crippen LogP contribution in [0, 0.1) is 0 Å². The Labute approximate surface area is 116 Å². The molecule has 0 bridgehead atoms. The molecule has 2 rings (SSSR count). The lowest BCUT2D eigenvalue weighted by atomic mass is 10.4. The van der Waals surface area contributed by atoms with Crippen molar-refractivity contribution in [3.8, 4) is 0 Å². The second-order valence-corrected chi connectivity index (χ2v) is 9.65. The molecule has 0 atom stereocenters. The molecule has 112 valence electrons. The van der Waals surface area contributed by atoms with Crippen LogP contribution in [0.15, 0.2) is 41.0 Å². The zero-order valence-corrected chi connectivity index (χ0v) is 12.8. The van der Waals surface area contributed by atoms with Crippen LogP contribution in [0.25, 0.3) is 0 Å². The highest BCUT2D eigenvalue weighted by Crippen LogP contribution is 2.82. The van der Waals surface area contributed by atoms with Gasteiger partial charge in [-0.25, -0.2) is 8.42 Å². The van der Waals surface area contributed by atoms with Gasteiger partial charge in [-0.2, -0.15) is 13.2 Å². The molecule has 20 heavy (non-hydrogen) atoms. The lowest BCUT2D eigenvalue weighted by molar-refractivity contribution is -0.0517. The van der Waals surface area contributed by atoms with Gasteiger partial charge >= 0.3 is 5.51 Å². The van der Waals surface area contributed by atoms with E-state index in [0.29, 0.717) is 0 Å². The third-order valence-electron chi connectivity index (χ3n) is 3.37. The quantitative estimate of drug-likeness (QED) is 0.452. The lowest BCUT2D eigenvalue weighted by Gasteiger charge is -2.08. The predicted octanol–water partition coefficient (Wildman–Crippen LogP) is 3.28. The van der Waals surface area contributed by atoms with Gasteiger partial charge in [0.25, 0.3) is 0 Å². The van der Waals surface area contributed by atoms with E-state index in [0.717, 1.165) is 0 Å². The van der Waals surface area contributed by atoms with Crippen molar-refractivity contribution in [2.45, 2.75) is 19.4 Å². The molecule has 1 heterocycles. The van der Waals surface area contributed by atoms with E-state index in [9.17, 15) is 13.2 Å². The summed E-state index contributed by atoms with van der Waals surface area (Å²) in [6.45, 7) is 6.96. The van der Waals surface area contributed by atoms with E-state index in [-0.39, 0.29) is 0 Å². The zero-order valence-electron chi connectivity index (χ0n) is 11.1. The van der Waals surface area contributed by atoms with Gasteiger partial charge in [-0.15, -0.1) is 0 Å². The predicted molar refractivity (Wildman–Crippen MR) is 73.0 cm³/mol. The van der Waals surface area contributed by atoms with E-state index in [1.165, 1.54) is 0 Å². The topological polar surface area (TPSA) is 57.2 Å². The Bertz CT molecular complexity index is 609. The van der Waals surface area contributed by atoms with Crippen molar-refractivity contribution in [2.75, 3.05) is 6.66 Å². The summed E-state index contributed by atoms with van der Waals surface area (Å²) in [7, 11) is -6.96. The minimum absolute atomic E-state index is 0.867. The summed E-state index contributed by atoms with van der Waals surface area (Å²) in [5, 5.41) is 4.84. The first kappa shape index (κ1) is 17.1. The van der Waals surface area contributed by atoms with Gasteiger partial charge in [-0.05, 0) is 26.0 Å². The second kappa shape index (κ2) is 5.47. The van der Waals surface area contributed by atoms with E-state index in [1.807, 2.05) is 0 Å². The van der Waals surface area contributed by atoms with Gasteiger partial charge in [0.15, 0.2) is 10.1 Å². The summed E-state index contributed by atoms with van der Waals surface area (Å²) in [5.41, 5.74) is -5.65. The van der Waals surface area contributed by atoms with Gasteiger partial charge in [-0.3, -0.25) is 0 Å². The molecule has 0 N–H and O–H groups in total. The molecule has 1 aromatic carbocycles. The number of alkyl halides is 3. The van der Waals surface area contributed by atoms with E-state index in [2.05, 4.69) is 50.8 Å². The molecule has 8 heteroatoms. The van der Waals surface area contributed by atoms with Crippen molar-refractivity contribution < 1.29 is 26.1 Å². The van der Waals surface area contributed by atoms with Gasteiger partial charge in [0.05, 0.1) is 6.66 Å². The summed E-state index contributed by atoms with van der Waals surface area (Å²) >= 11 is 0. The van der Waals surface area contributed by atoms with Crippen LogP contribution in [0.5, 0.6) is 0 Å². The summed E-state index contributed by atoms with van der Waals surface area (Å²) in [6.07, 6.45) is 0. The highest BCUT2D eigenvalue weighted by molar-refractivity contribution is 7.95. The number of hydrogen-bond acceptors (Lipinski definition) is 3. The number of allylic oxidation sites excluding steroid dienone is 2. The normalized spacial score (nSPS) is 17.4. The van der Waals surface area contributed by atoms with Gasteiger partial charge in [0.2, 0.25) is 0 Å². The van der Waals surface area contributed by atoms with Gasteiger partial charge < -0.3 is 4.55 Å². The molecule has 1 aromatic rings. The van der Waals surface area contributed by atoms with E-state index >= 15 is 0 Å². The summed E-state index contributed by atoms with van der Waals surface area (Å²) < 4.78 is 58.9. The Morgan fingerprint density at radius 3 is 1.65 bits per heavy atom. The molecule has 3 nitrogen and oxygen atoms in total. The fourth-order valence-corrected chi connectivity index (χ4v) is 5.01. The summed E-state index contributed by atoms with van der Waals surface area (Å²) in [6, 6.07) is 10.9. The minimum atomic E-state index is -6.09. The van der Waals surface area contributed by atoms with Crippen LogP contribution >= 0.6 is 7.26 Å². The monoisotopic (exact) mass is 326 g/mol.